The van der Waals surface area contributed by atoms with Crippen LogP contribution in [0.3, 0.4) is 0 Å². The minimum absolute atomic E-state index is 0.346. The largest absolute Gasteiger partial charge is 0.476 e. The second kappa shape index (κ2) is 9.61. The minimum atomic E-state index is -0.346. The van der Waals surface area contributed by atoms with Gasteiger partial charge in [-0.1, -0.05) is 31.9 Å². The molecule has 30 heavy (non-hydrogen) atoms. The Hall–Kier alpha value is -1.72. The van der Waals surface area contributed by atoms with Gasteiger partial charge in [0.25, 0.3) is 0 Å². The molecule has 0 spiro atoms. The molecule has 0 bridgehead atoms. The zero-order chi connectivity index (χ0) is 21.1. The van der Waals surface area contributed by atoms with Gasteiger partial charge in [0.1, 0.15) is 5.82 Å². The van der Waals surface area contributed by atoms with E-state index in [-0.39, 0.29) is 5.82 Å². The van der Waals surface area contributed by atoms with Crippen LogP contribution in [-0.4, -0.2) is 41.3 Å². The lowest BCUT2D eigenvalue weighted by molar-refractivity contribution is 0.212. The van der Waals surface area contributed by atoms with Crippen molar-refractivity contribution in [1.29, 1.82) is 0 Å². The van der Waals surface area contributed by atoms with Crippen molar-refractivity contribution in [3.8, 4) is 17.1 Å². The number of hydrogen-bond acceptors (Lipinski definition) is 4. The second-order valence-electron chi connectivity index (χ2n) is 9.16. The number of ether oxygens (including phenoxy) is 1. The smallest absolute Gasteiger partial charge is 0.233 e. The third-order valence-electron chi connectivity index (χ3n) is 6.59. The first-order chi connectivity index (χ1) is 14.5. The van der Waals surface area contributed by atoms with Crippen LogP contribution in [0.4, 0.5) is 4.39 Å². The molecular weight excluding hydrogens is 401 g/mol. The van der Waals surface area contributed by atoms with Crippen molar-refractivity contribution in [2.45, 2.75) is 39.5 Å². The number of aromatic nitrogens is 2. The van der Waals surface area contributed by atoms with E-state index in [1.165, 1.54) is 63.5 Å². The summed E-state index contributed by atoms with van der Waals surface area (Å²) in [6, 6.07) is 7.80. The highest BCUT2D eigenvalue weighted by atomic mass is 35.5. The van der Waals surface area contributed by atoms with Crippen molar-refractivity contribution in [2.24, 2.45) is 23.7 Å². The Bertz CT molecular complexity index is 833. The maximum atomic E-state index is 13.5. The first-order valence-electron chi connectivity index (χ1n) is 11.2. The van der Waals surface area contributed by atoms with Gasteiger partial charge in [-0.25, -0.2) is 4.39 Å². The fourth-order valence-electron chi connectivity index (χ4n) is 5.27. The van der Waals surface area contributed by atoms with Crippen molar-refractivity contribution in [2.75, 3.05) is 26.2 Å². The molecule has 1 aliphatic heterocycles. The van der Waals surface area contributed by atoms with E-state index in [2.05, 4.69) is 28.9 Å². The molecule has 162 valence electrons. The van der Waals surface area contributed by atoms with Gasteiger partial charge in [-0.05, 0) is 67.2 Å². The molecule has 0 N–H and O–H groups in total. The summed E-state index contributed by atoms with van der Waals surface area (Å²) in [6.07, 6.45) is 5.09. The van der Waals surface area contributed by atoms with E-state index in [4.69, 9.17) is 16.3 Å². The first-order valence-corrected chi connectivity index (χ1v) is 11.5. The van der Waals surface area contributed by atoms with Crippen molar-refractivity contribution in [1.82, 2.24) is 15.1 Å². The number of nitrogens with zero attached hydrogens (tertiary/aromatic N) is 3. The fourth-order valence-corrected chi connectivity index (χ4v) is 5.48. The number of fused-ring (bicyclic) bond motifs is 1. The molecule has 0 amide bonds. The van der Waals surface area contributed by atoms with Gasteiger partial charge < -0.3 is 9.64 Å². The van der Waals surface area contributed by atoms with Gasteiger partial charge in [0.15, 0.2) is 0 Å². The fraction of sp³-hybridized carbons (Fsp3) is 0.583. The van der Waals surface area contributed by atoms with Gasteiger partial charge in [-0.3, -0.25) is 0 Å². The molecule has 6 heteroatoms. The third-order valence-corrected chi connectivity index (χ3v) is 6.92. The van der Waals surface area contributed by atoms with Crippen LogP contribution in [0.2, 0.25) is 5.02 Å². The Morgan fingerprint density at radius 2 is 1.93 bits per heavy atom. The summed E-state index contributed by atoms with van der Waals surface area (Å²) in [5, 5.41) is 8.79. The van der Waals surface area contributed by atoms with Crippen LogP contribution in [0, 0.1) is 29.5 Å². The zero-order valence-electron chi connectivity index (χ0n) is 17.9. The van der Waals surface area contributed by atoms with Crippen molar-refractivity contribution < 1.29 is 9.13 Å². The van der Waals surface area contributed by atoms with E-state index in [0.717, 1.165) is 17.8 Å². The zero-order valence-corrected chi connectivity index (χ0v) is 18.6. The molecule has 1 aliphatic carbocycles. The van der Waals surface area contributed by atoms with Crippen molar-refractivity contribution >= 4 is 11.6 Å². The summed E-state index contributed by atoms with van der Waals surface area (Å²) >= 11 is 6.15. The standard InChI is InChI=1S/C24H31ClFN3O/c1-3-4-16(2)12-29-13-18-9-17(10-19(18)14-29)15-30-24-8-7-23(27-28-24)21-11-20(26)5-6-22(21)25/h5-8,11,16-19H,3-4,9-10,12-15H2,1-2H3/t16?,17?,18-,19+. The minimum Gasteiger partial charge on any atom is -0.476 e. The van der Waals surface area contributed by atoms with Gasteiger partial charge in [-0.15, -0.1) is 10.2 Å². The Morgan fingerprint density at radius 1 is 1.17 bits per heavy atom. The van der Waals surface area contributed by atoms with E-state index < -0.39 is 0 Å². The second-order valence-corrected chi connectivity index (χ2v) is 9.57. The number of halogens is 2. The molecular formula is C24H31ClFN3O. The molecule has 4 atom stereocenters. The highest BCUT2D eigenvalue weighted by molar-refractivity contribution is 6.33. The Morgan fingerprint density at radius 3 is 2.60 bits per heavy atom. The van der Waals surface area contributed by atoms with Crippen molar-refractivity contribution in [3.05, 3.63) is 41.2 Å². The van der Waals surface area contributed by atoms with E-state index in [1.54, 1.807) is 12.1 Å². The summed E-state index contributed by atoms with van der Waals surface area (Å²) < 4.78 is 19.4. The van der Waals surface area contributed by atoms with Crippen molar-refractivity contribution in [3.63, 3.8) is 0 Å². The normalized spacial score (nSPS) is 24.7. The van der Waals surface area contributed by atoms with Crippen LogP contribution in [0.15, 0.2) is 30.3 Å². The van der Waals surface area contributed by atoms with E-state index in [0.29, 0.717) is 34.7 Å². The van der Waals surface area contributed by atoms with Gasteiger partial charge in [0, 0.05) is 31.3 Å². The Kier molecular flexibility index (Phi) is 6.89. The van der Waals surface area contributed by atoms with Gasteiger partial charge in [0.2, 0.25) is 5.88 Å². The summed E-state index contributed by atoms with van der Waals surface area (Å²) in [4.78, 5) is 2.68. The van der Waals surface area contributed by atoms with Gasteiger partial charge >= 0.3 is 0 Å². The summed E-state index contributed by atoms with van der Waals surface area (Å²) in [7, 11) is 0. The highest BCUT2D eigenvalue weighted by Crippen LogP contribution is 2.42. The van der Waals surface area contributed by atoms with Crippen LogP contribution in [0.5, 0.6) is 5.88 Å². The molecule has 1 saturated heterocycles. The predicted octanol–water partition coefficient (Wildman–Crippen LogP) is 5.71. The average Bonchev–Trinajstić information content (AvgIpc) is 3.27. The quantitative estimate of drug-likeness (QED) is 0.536. The Balaban J connectivity index is 1.25. The number of rotatable bonds is 8. The number of benzene rings is 1. The van der Waals surface area contributed by atoms with Crippen LogP contribution in [0.25, 0.3) is 11.3 Å². The summed E-state index contributed by atoms with van der Waals surface area (Å²) in [5.74, 6) is 3.19. The summed E-state index contributed by atoms with van der Waals surface area (Å²) in [5.41, 5.74) is 1.08. The van der Waals surface area contributed by atoms with Crippen LogP contribution in [0.1, 0.15) is 39.5 Å². The van der Waals surface area contributed by atoms with Gasteiger partial charge in [0.05, 0.1) is 17.3 Å². The lowest BCUT2D eigenvalue weighted by atomic mass is 10.0. The molecule has 1 saturated carbocycles. The molecule has 2 fully saturated rings. The average molecular weight is 432 g/mol. The molecule has 4 rings (SSSR count). The molecule has 2 heterocycles. The van der Waals surface area contributed by atoms with Crippen LogP contribution in [-0.2, 0) is 0 Å². The van der Waals surface area contributed by atoms with Crippen LogP contribution < -0.4 is 4.74 Å². The molecule has 2 aromatic rings. The maximum absolute atomic E-state index is 13.5. The van der Waals surface area contributed by atoms with Crippen LogP contribution >= 0.6 is 11.6 Å². The predicted molar refractivity (Wildman–Crippen MR) is 118 cm³/mol. The van der Waals surface area contributed by atoms with E-state index in [9.17, 15) is 4.39 Å². The van der Waals surface area contributed by atoms with E-state index in [1.807, 2.05) is 0 Å². The van der Waals surface area contributed by atoms with E-state index >= 15 is 0 Å². The molecule has 2 unspecified atom stereocenters. The Labute approximate surface area is 183 Å². The first kappa shape index (κ1) is 21.5. The topological polar surface area (TPSA) is 38.2 Å². The molecule has 2 aliphatic rings. The monoisotopic (exact) mass is 431 g/mol. The highest BCUT2D eigenvalue weighted by Gasteiger charge is 2.41. The summed E-state index contributed by atoms with van der Waals surface area (Å²) in [6.45, 7) is 9.08. The van der Waals surface area contributed by atoms with Gasteiger partial charge in [-0.2, -0.15) is 0 Å². The molecule has 4 nitrogen and oxygen atoms in total. The number of likely N-dealkylation sites (tertiary alicyclic amines) is 1. The third kappa shape index (κ3) is 5.12. The number of hydrogen-bond donors (Lipinski definition) is 0. The molecule has 1 aromatic heterocycles. The lowest BCUT2D eigenvalue weighted by Crippen LogP contribution is -2.28. The molecule has 1 aromatic carbocycles. The molecule has 0 radical (unpaired) electrons. The lowest BCUT2D eigenvalue weighted by Gasteiger charge is -2.22. The maximum Gasteiger partial charge on any atom is 0.233 e. The SMILES string of the molecule is CCCC(C)CN1C[C@H]2CC(COc3ccc(-c4cc(F)ccc4Cl)nn3)C[C@H]2C1.